The van der Waals surface area contributed by atoms with Crippen molar-refractivity contribution in [1.82, 2.24) is 0 Å². The summed E-state index contributed by atoms with van der Waals surface area (Å²) >= 11 is 0. The number of halogens is 2. The molecule has 2 N–H and O–H groups in total. The van der Waals surface area contributed by atoms with Gasteiger partial charge in [0.1, 0.15) is 6.10 Å². The molecule has 2 atom stereocenters. The van der Waals surface area contributed by atoms with Crippen molar-refractivity contribution in [2.75, 3.05) is 6.61 Å². The first-order valence-electron chi connectivity index (χ1n) is 6.67. The fourth-order valence-corrected chi connectivity index (χ4v) is 2.39. The Balaban J connectivity index is 3.14. The lowest BCUT2D eigenvalue weighted by Crippen LogP contribution is -2.61. The molecule has 1 aliphatic heterocycles. The molecule has 1 fully saturated rings. The van der Waals surface area contributed by atoms with E-state index in [1.807, 2.05) is 0 Å². The first-order valence-corrected chi connectivity index (χ1v) is 6.67. The Kier molecular flexibility index (Phi) is 5.61. The van der Waals surface area contributed by atoms with Crippen molar-refractivity contribution in [1.29, 1.82) is 0 Å². The molecule has 5 nitrogen and oxygen atoms in total. The number of carbonyl (C=O) groups is 1. The molecular formula is C15H20F2O5. The van der Waals surface area contributed by atoms with Gasteiger partial charge in [-0.2, -0.15) is 8.78 Å². The normalized spacial score (nSPS) is 23.5. The molecule has 22 heavy (non-hydrogen) atoms. The van der Waals surface area contributed by atoms with E-state index in [1.165, 1.54) is 12.2 Å². The smallest absolute Gasteiger partial charge is 0.377 e. The maximum atomic E-state index is 14.0. The molecule has 1 heterocycles. The summed E-state index contributed by atoms with van der Waals surface area (Å²) in [5, 5.41) is 19.0. The summed E-state index contributed by atoms with van der Waals surface area (Å²) in [6.07, 6.45) is 2.13. The zero-order valence-electron chi connectivity index (χ0n) is 12.1. The van der Waals surface area contributed by atoms with Gasteiger partial charge in [-0.05, 0) is 0 Å². The topological polar surface area (TPSA) is 76.0 Å². The van der Waals surface area contributed by atoms with E-state index in [1.54, 1.807) is 0 Å². The van der Waals surface area contributed by atoms with E-state index in [9.17, 15) is 18.7 Å². The number of ether oxygens (including phenoxy) is 2. The van der Waals surface area contributed by atoms with Crippen LogP contribution >= 0.6 is 0 Å². The van der Waals surface area contributed by atoms with Crippen LogP contribution in [0, 0.1) is 0 Å². The Morgan fingerprint density at radius 3 is 2.23 bits per heavy atom. The lowest BCUT2D eigenvalue weighted by atomic mass is 9.86. The maximum Gasteiger partial charge on any atom is 0.377 e. The van der Waals surface area contributed by atoms with E-state index in [0.29, 0.717) is 0 Å². The second-order valence-electron chi connectivity index (χ2n) is 5.11. The SMILES string of the molecule is C=CCC1(CC=C)OCC(C(O)(CC=C)C(F)(F)C(=O)O)O1. The van der Waals surface area contributed by atoms with E-state index in [2.05, 4.69) is 19.7 Å². The molecule has 0 amide bonds. The van der Waals surface area contributed by atoms with Crippen molar-refractivity contribution in [3.8, 4) is 0 Å². The van der Waals surface area contributed by atoms with Crippen LogP contribution in [0.2, 0.25) is 0 Å². The molecule has 2 unspecified atom stereocenters. The Morgan fingerprint density at radius 1 is 1.27 bits per heavy atom. The second-order valence-corrected chi connectivity index (χ2v) is 5.11. The summed E-state index contributed by atoms with van der Waals surface area (Å²) in [6, 6.07) is 0. The van der Waals surface area contributed by atoms with Crippen LogP contribution in [0.25, 0.3) is 0 Å². The monoisotopic (exact) mass is 318 g/mol. The Bertz CT molecular complexity index is 453. The van der Waals surface area contributed by atoms with E-state index in [4.69, 9.17) is 14.6 Å². The van der Waals surface area contributed by atoms with Crippen LogP contribution < -0.4 is 0 Å². The molecule has 0 saturated carbocycles. The van der Waals surface area contributed by atoms with Gasteiger partial charge in [-0.1, -0.05) is 18.2 Å². The van der Waals surface area contributed by atoms with Gasteiger partial charge in [0.05, 0.1) is 6.61 Å². The lowest BCUT2D eigenvalue weighted by Gasteiger charge is -2.37. The summed E-state index contributed by atoms with van der Waals surface area (Å²) in [7, 11) is 0. The van der Waals surface area contributed by atoms with Crippen molar-refractivity contribution in [2.45, 2.75) is 42.7 Å². The molecule has 0 spiro atoms. The molecule has 0 aromatic carbocycles. The van der Waals surface area contributed by atoms with Gasteiger partial charge >= 0.3 is 11.9 Å². The number of hydrogen-bond acceptors (Lipinski definition) is 4. The number of rotatable bonds is 9. The Hall–Kier alpha value is -1.57. The summed E-state index contributed by atoms with van der Waals surface area (Å²) in [6.45, 7) is 9.98. The minimum absolute atomic E-state index is 0.179. The van der Waals surface area contributed by atoms with Gasteiger partial charge in [0.25, 0.3) is 0 Å². The summed E-state index contributed by atoms with van der Waals surface area (Å²) in [5.41, 5.74) is -2.97. The predicted octanol–water partition coefficient (Wildman–Crippen LogP) is 2.28. The molecule has 0 bridgehead atoms. The van der Waals surface area contributed by atoms with Crippen LogP contribution in [-0.4, -0.2) is 46.2 Å². The molecule has 0 aromatic rings. The van der Waals surface area contributed by atoms with Gasteiger partial charge in [-0.15, -0.1) is 19.7 Å². The van der Waals surface area contributed by atoms with E-state index < -0.39 is 35.8 Å². The van der Waals surface area contributed by atoms with Gasteiger partial charge < -0.3 is 19.7 Å². The lowest BCUT2D eigenvalue weighted by molar-refractivity contribution is -0.250. The van der Waals surface area contributed by atoms with Crippen LogP contribution in [0.3, 0.4) is 0 Å². The van der Waals surface area contributed by atoms with Crippen molar-refractivity contribution < 1.29 is 33.3 Å². The van der Waals surface area contributed by atoms with Crippen LogP contribution in [0.5, 0.6) is 0 Å². The van der Waals surface area contributed by atoms with Gasteiger partial charge in [0.15, 0.2) is 11.4 Å². The number of carboxylic acids is 1. The number of hydrogen-bond donors (Lipinski definition) is 2. The Morgan fingerprint density at radius 2 is 1.82 bits per heavy atom. The predicted molar refractivity (Wildman–Crippen MR) is 75.5 cm³/mol. The number of aliphatic hydroxyl groups is 1. The minimum Gasteiger partial charge on any atom is -0.477 e. The molecule has 124 valence electrons. The van der Waals surface area contributed by atoms with Gasteiger partial charge in [-0.25, -0.2) is 4.79 Å². The molecule has 7 heteroatoms. The second kappa shape index (κ2) is 6.68. The first-order chi connectivity index (χ1) is 10.2. The molecule has 0 aliphatic carbocycles. The molecule has 0 aromatic heterocycles. The highest BCUT2D eigenvalue weighted by Gasteiger charge is 2.65. The molecule has 1 aliphatic rings. The zero-order valence-corrected chi connectivity index (χ0v) is 12.1. The van der Waals surface area contributed by atoms with Crippen LogP contribution in [0.15, 0.2) is 38.0 Å². The summed E-state index contributed by atoms with van der Waals surface area (Å²) in [4.78, 5) is 10.8. The summed E-state index contributed by atoms with van der Waals surface area (Å²) < 4.78 is 38.9. The fraction of sp³-hybridized carbons (Fsp3) is 0.533. The molecule has 0 radical (unpaired) electrons. The van der Waals surface area contributed by atoms with E-state index in [-0.39, 0.29) is 19.4 Å². The van der Waals surface area contributed by atoms with E-state index in [0.717, 1.165) is 6.08 Å². The highest BCUT2D eigenvalue weighted by Crippen LogP contribution is 2.43. The molecular weight excluding hydrogens is 298 g/mol. The zero-order chi connectivity index (χ0) is 17.0. The molecule has 1 saturated heterocycles. The Labute approximate surface area is 127 Å². The number of carboxylic acid groups (broad SMARTS) is 1. The number of alkyl halides is 2. The highest BCUT2D eigenvalue weighted by atomic mass is 19.3. The molecule has 1 rings (SSSR count). The van der Waals surface area contributed by atoms with Crippen molar-refractivity contribution in [3.05, 3.63) is 38.0 Å². The quantitative estimate of drug-likeness (QED) is 0.638. The number of aliphatic carboxylic acids is 1. The average Bonchev–Trinajstić information content (AvgIpc) is 2.84. The van der Waals surface area contributed by atoms with Gasteiger partial charge in [0.2, 0.25) is 0 Å². The van der Waals surface area contributed by atoms with Gasteiger partial charge in [0, 0.05) is 19.3 Å². The van der Waals surface area contributed by atoms with Crippen LogP contribution in [0.1, 0.15) is 19.3 Å². The van der Waals surface area contributed by atoms with Crippen molar-refractivity contribution in [3.63, 3.8) is 0 Å². The third-order valence-electron chi connectivity index (χ3n) is 3.57. The third-order valence-corrected chi connectivity index (χ3v) is 3.57. The maximum absolute atomic E-state index is 14.0. The van der Waals surface area contributed by atoms with Crippen LogP contribution in [0.4, 0.5) is 8.78 Å². The highest BCUT2D eigenvalue weighted by molar-refractivity contribution is 5.77. The standard InChI is InChI=1S/C15H20F2O5/c1-4-7-13(8-5-2)21-10-11(22-13)14(20,9-6-3)15(16,17)12(18)19/h4-6,11,20H,1-3,7-10H2,(H,18,19). The van der Waals surface area contributed by atoms with Crippen molar-refractivity contribution >= 4 is 5.97 Å². The van der Waals surface area contributed by atoms with Crippen molar-refractivity contribution in [2.24, 2.45) is 0 Å². The minimum atomic E-state index is -4.42. The van der Waals surface area contributed by atoms with Gasteiger partial charge in [-0.3, -0.25) is 0 Å². The third kappa shape index (κ3) is 3.11. The first kappa shape index (κ1) is 18.5. The largest absolute Gasteiger partial charge is 0.477 e. The average molecular weight is 318 g/mol. The fourth-order valence-electron chi connectivity index (χ4n) is 2.39. The summed E-state index contributed by atoms with van der Waals surface area (Å²) in [5.74, 6) is -8.14. The van der Waals surface area contributed by atoms with Crippen LogP contribution in [-0.2, 0) is 14.3 Å². The van der Waals surface area contributed by atoms with E-state index >= 15 is 0 Å².